The number of halogens is 2. The summed E-state index contributed by atoms with van der Waals surface area (Å²) in [4.78, 5) is 60.5. The number of imide groups is 2. The number of carbonyl (C=O) groups excluding carboxylic acids is 4. The zero-order valence-electron chi connectivity index (χ0n) is 27.3. The van der Waals surface area contributed by atoms with E-state index in [0.717, 1.165) is 15.5 Å². The minimum absolute atomic E-state index is 0.0310. The third-order valence-corrected chi connectivity index (χ3v) is 12.2. The number of hydrazine groups is 1. The molecule has 3 aromatic carbocycles. The van der Waals surface area contributed by atoms with Gasteiger partial charge in [-0.05, 0) is 84.2 Å². The van der Waals surface area contributed by atoms with Gasteiger partial charge in [-0.2, -0.15) is 5.01 Å². The highest BCUT2D eigenvalue weighted by Gasteiger charge is 2.70. The standard InChI is InChI=1S/C40H33ClFN3O5S/c1-2-5-22-6-3-8-30(35(22)46)34-28-17-18-29-33(38(49)44(36(29)47)21-27-7-4-19-51-27)31(28)20-32-37(48)45(43-26-15-13-25(42)14-16-26)39(50)40(32,34)23-9-11-24(41)12-10-23/h2-4,6-17,19,29,31-34,43,46H,1,5,18,20-21H2. The molecule has 4 aromatic rings. The number of amides is 4. The first-order valence-electron chi connectivity index (χ1n) is 16.8. The fourth-order valence-corrected chi connectivity index (χ4v) is 9.76. The molecule has 2 N–H and O–H groups in total. The Hall–Kier alpha value is -5.06. The molecule has 0 radical (unpaired) electrons. The summed E-state index contributed by atoms with van der Waals surface area (Å²) >= 11 is 7.83. The zero-order valence-corrected chi connectivity index (χ0v) is 28.9. The first-order chi connectivity index (χ1) is 24.6. The summed E-state index contributed by atoms with van der Waals surface area (Å²) in [7, 11) is 0. The number of aromatic hydroxyl groups is 1. The predicted molar refractivity (Wildman–Crippen MR) is 191 cm³/mol. The molecule has 8 rings (SSSR count). The maximum atomic E-state index is 15.3. The van der Waals surface area contributed by atoms with Crippen molar-refractivity contribution >= 4 is 52.3 Å². The van der Waals surface area contributed by atoms with E-state index in [9.17, 15) is 23.9 Å². The molecule has 6 atom stereocenters. The van der Waals surface area contributed by atoms with Crippen molar-refractivity contribution in [1.82, 2.24) is 9.91 Å². The molecule has 2 saturated heterocycles. The molecule has 3 heterocycles. The largest absolute Gasteiger partial charge is 0.507 e. The lowest BCUT2D eigenvalue weighted by atomic mass is 9.49. The van der Waals surface area contributed by atoms with Crippen molar-refractivity contribution in [3.63, 3.8) is 0 Å². The second kappa shape index (κ2) is 12.6. The summed E-state index contributed by atoms with van der Waals surface area (Å²) in [6, 6.07) is 21.2. The van der Waals surface area contributed by atoms with Gasteiger partial charge in [-0.1, -0.05) is 65.7 Å². The van der Waals surface area contributed by atoms with Crippen LogP contribution in [0.25, 0.3) is 0 Å². The van der Waals surface area contributed by atoms with Crippen molar-refractivity contribution in [2.75, 3.05) is 5.43 Å². The van der Waals surface area contributed by atoms with Gasteiger partial charge in [0.2, 0.25) is 11.8 Å². The molecule has 0 spiro atoms. The Morgan fingerprint density at radius 2 is 1.73 bits per heavy atom. The van der Waals surface area contributed by atoms with Crippen LogP contribution >= 0.6 is 22.9 Å². The summed E-state index contributed by atoms with van der Waals surface area (Å²) in [6.45, 7) is 4.01. The van der Waals surface area contributed by atoms with Crippen LogP contribution in [0, 0.1) is 29.5 Å². The van der Waals surface area contributed by atoms with Crippen LogP contribution in [0.1, 0.15) is 40.3 Å². The van der Waals surface area contributed by atoms with E-state index in [-0.39, 0.29) is 37.0 Å². The van der Waals surface area contributed by atoms with Crippen molar-refractivity contribution < 1.29 is 28.7 Å². The molecule has 4 amide bonds. The maximum absolute atomic E-state index is 15.3. The number of benzene rings is 3. The number of nitrogens with zero attached hydrogens (tertiary/aromatic N) is 2. The van der Waals surface area contributed by atoms with Gasteiger partial charge in [-0.15, -0.1) is 17.9 Å². The summed E-state index contributed by atoms with van der Waals surface area (Å²) in [5.74, 6) is -5.99. The topological polar surface area (TPSA) is 107 Å². The second-order valence-electron chi connectivity index (χ2n) is 13.6. The molecule has 0 bridgehead atoms. The van der Waals surface area contributed by atoms with Crippen LogP contribution in [-0.2, 0) is 37.6 Å². The molecular formula is C40H33ClFN3O5S. The molecule has 4 aliphatic rings. The highest BCUT2D eigenvalue weighted by atomic mass is 35.5. The summed E-state index contributed by atoms with van der Waals surface area (Å²) in [5.41, 5.74) is 3.96. The minimum Gasteiger partial charge on any atom is -0.507 e. The van der Waals surface area contributed by atoms with Crippen LogP contribution in [0.15, 0.2) is 109 Å². The zero-order chi connectivity index (χ0) is 35.6. The Kier molecular flexibility index (Phi) is 8.19. The number of anilines is 1. The molecule has 1 aromatic heterocycles. The predicted octanol–water partition coefficient (Wildman–Crippen LogP) is 7.16. The summed E-state index contributed by atoms with van der Waals surface area (Å²) < 4.78 is 13.9. The third kappa shape index (κ3) is 5.06. The number of thiophene rings is 1. The molecule has 1 saturated carbocycles. The minimum atomic E-state index is -1.59. The van der Waals surface area contributed by atoms with Gasteiger partial charge in [0.1, 0.15) is 11.6 Å². The SMILES string of the molecule is C=CCc1cccc(C2C3=CCC4C(=O)N(Cc5cccs5)C(=O)C4C3CC3C(=O)N(Nc4ccc(F)cc4)C(=O)C32c2ccc(Cl)cc2)c1O. The molecule has 2 aliphatic heterocycles. The average Bonchev–Trinajstić information content (AvgIpc) is 3.79. The van der Waals surface area contributed by atoms with Crippen LogP contribution in [0.4, 0.5) is 10.1 Å². The smallest absolute Gasteiger partial charge is 0.260 e. The number of allylic oxidation sites excluding steroid dienone is 3. The Balaban J connectivity index is 1.33. The number of phenolic OH excluding ortho intramolecular Hbond substituents is 1. The van der Waals surface area contributed by atoms with E-state index < -0.39 is 52.6 Å². The molecule has 8 nitrogen and oxygen atoms in total. The fourth-order valence-electron chi connectivity index (χ4n) is 8.94. The first-order valence-corrected chi connectivity index (χ1v) is 18.1. The van der Waals surface area contributed by atoms with E-state index in [1.54, 1.807) is 48.5 Å². The molecule has 3 fully saturated rings. The van der Waals surface area contributed by atoms with E-state index in [1.165, 1.54) is 40.5 Å². The van der Waals surface area contributed by atoms with E-state index in [1.807, 2.05) is 23.6 Å². The van der Waals surface area contributed by atoms with Crippen molar-refractivity contribution in [2.24, 2.45) is 23.7 Å². The molecule has 258 valence electrons. The van der Waals surface area contributed by atoms with Crippen LogP contribution in [0.3, 0.4) is 0 Å². The number of likely N-dealkylation sites (tertiary alicyclic amines) is 1. The lowest BCUT2D eigenvalue weighted by molar-refractivity contribution is -0.141. The van der Waals surface area contributed by atoms with Gasteiger partial charge in [-0.3, -0.25) is 29.5 Å². The molecular weight excluding hydrogens is 689 g/mol. The maximum Gasteiger partial charge on any atom is 0.260 e. The van der Waals surface area contributed by atoms with E-state index in [4.69, 9.17) is 11.6 Å². The first kappa shape index (κ1) is 33.1. The monoisotopic (exact) mass is 721 g/mol. The van der Waals surface area contributed by atoms with Gasteiger partial charge >= 0.3 is 0 Å². The Morgan fingerprint density at radius 1 is 0.961 bits per heavy atom. The Labute approximate surface area is 302 Å². The number of carbonyl (C=O) groups is 4. The summed E-state index contributed by atoms with van der Waals surface area (Å²) in [5, 5.41) is 15.3. The number of hydrogen-bond acceptors (Lipinski definition) is 7. The van der Waals surface area contributed by atoms with Gasteiger partial charge in [0.05, 0.1) is 35.4 Å². The van der Waals surface area contributed by atoms with Crippen LogP contribution in [-0.4, -0.2) is 38.6 Å². The van der Waals surface area contributed by atoms with Crippen LogP contribution in [0.2, 0.25) is 5.02 Å². The fraction of sp³-hybridized carbons (Fsp3) is 0.250. The highest BCUT2D eigenvalue weighted by molar-refractivity contribution is 7.09. The normalized spacial score (nSPS) is 26.9. The molecule has 6 unspecified atom stereocenters. The van der Waals surface area contributed by atoms with Crippen molar-refractivity contribution in [1.29, 1.82) is 0 Å². The highest BCUT2D eigenvalue weighted by Crippen LogP contribution is 2.65. The van der Waals surface area contributed by atoms with E-state index in [0.29, 0.717) is 33.8 Å². The van der Waals surface area contributed by atoms with Gasteiger partial charge in [-0.25, -0.2) is 4.39 Å². The Bertz CT molecular complexity index is 2120. The number of rotatable bonds is 8. The number of fused-ring (bicyclic) bond motifs is 4. The van der Waals surface area contributed by atoms with E-state index >= 15 is 4.79 Å². The van der Waals surface area contributed by atoms with Gasteiger partial charge < -0.3 is 5.11 Å². The van der Waals surface area contributed by atoms with Gasteiger partial charge in [0.15, 0.2) is 0 Å². The molecule has 51 heavy (non-hydrogen) atoms. The quantitative estimate of drug-likeness (QED) is 0.148. The average molecular weight is 722 g/mol. The van der Waals surface area contributed by atoms with E-state index in [2.05, 4.69) is 12.0 Å². The van der Waals surface area contributed by atoms with Crippen LogP contribution < -0.4 is 5.43 Å². The van der Waals surface area contributed by atoms with Crippen molar-refractivity contribution in [3.05, 3.63) is 141 Å². The lowest BCUT2D eigenvalue weighted by Crippen LogP contribution is -2.53. The Morgan fingerprint density at radius 3 is 2.43 bits per heavy atom. The van der Waals surface area contributed by atoms with Crippen LogP contribution in [0.5, 0.6) is 5.75 Å². The number of phenols is 1. The summed E-state index contributed by atoms with van der Waals surface area (Å²) in [6.07, 6.45) is 4.36. The number of para-hydroxylation sites is 1. The van der Waals surface area contributed by atoms with Crippen molar-refractivity contribution in [2.45, 2.75) is 37.1 Å². The third-order valence-electron chi connectivity index (χ3n) is 11.1. The van der Waals surface area contributed by atoms with Crippen molar-refractivity contribution in [3.8, 4) is 5.75 Å². The van der Waals surface area contributed by atoms with Gasteiger partial charge in [0, 0.05) is 21.4 Å². The lowest BCUT2D eigenvalue weighted by Gasteiger charge is -2.50. The molecule has 2 aliphatic carbocycles. The number of hydrogen-bond donors (Lipinski definition) is 2. The number of nitrogens with one attached hydrogen (secondary N) is 1. The molecule has 11 heteroatoms. The van der Waals surface area contributed by atoms with Gasteiger partial charge in [0.25, 0.3) is 11.8 Å². The second-order valence-corrected chi connectivity index (χ2v) is 15.0.